The monoisotopic (exact) mass is 415 g/mol. The molecule has 0 amide bonds. The van der Waals surface area contributed by atoms with Gasteiger partial charge in [0, 0.05) is 11.1 Å². The smallest absolute Gasteiger partial charge is 0.306 e. The van der Waals surface area contributed by atoms with Crippen LogP contribution in [-0.4, -0.2) is 57.5 Å². The number of likely N-dealkylation sites (tertiary alicyclic amines) is 1. The van der Waals surface area contributed by atoms with Gasteiger partial charge in [0.25, 0.3) is 0 Å². The van der Waals surface area contributed by atoms with Crippen molar-refractivity contribution in [1.82, 2.24) is 4.90 Å². The number of carboxylic acids is 1. The molecule has 162 valence electrons. The molecule has 1 heterocycles. The second kappa shape index (κ2) is 9.71. The molecule has 1 fully saturated rings. The van der Waals surface area contributed by atoms with E-state index in [2.05, 4.69) is 4.90 Å². The minimum Gasteiger partial charge on any atom is -0.493 e. The van der Waals surface area contributed by atoms with Gasteiger partial charge in [0.1, 0.15) is 0 Å². The molecule has 0 radical (unpaired) electrons. The number of methoxy groups -OCH3 is 4. The van der Waals surface area contributed by atoms with E-state index in [1.54, 1.807) is 28.4 Å². The van der Waals surface area contributed by atoms with Gasteiger partial charge in [-0.2, -0.15) is 0 Å². The predicted octanol–water partition coefficient (Wildman–Crippen LogP) is 3.61. The number of hydrogen-bond donors (Lipinski definition) is 1. The third-order valence-corrected chi connectivity index (χ3v) is 5.70. The molecule has 0 bridgehead atoms. The number of aliphatic carboxylic acids is 1. The number of para-hydroxylation sites is 2. The Morgan fingerprint density at radius 1 is 0.867 bits per heavy atom. The molecule has 0 aliphatic carbocycles. The molecule has 1 N–H and O–H groups in total. The van der Waals surface area contributed by atoms with Crippen molar-refractivity contribution < 1.29 is 28.8 Å². The first-order chi connectivity index (χ1) is 14.5. The number of carboxylic acid groups (broad SMARTS) is 1. The van der Waals surface area contributed by atoms with Crippen molar-refractivity contribution in [1.29, 1.82) is 0 Å². The van der Waals surface area contributed by atoms with Crippen LogP contribution in [0.1, 0.15) is 30.0 Å². The van der Waals surface area contributed by atoms with Gasteiger partial charge in [-0.1, -0.05) is 24.3 Å². The maximum Gasteiger partial charge on any atom is 0.306 e. The third kappa shape index (κ3) is 4.16. The zero-order valence-electron chi connectivity index (χ0n) is 17.9. The van der Waals surface area contributed by atoms with Gasteiger partial charge in [0.15, 0.2) is 23.0 Å². The molecule has 2 aromatic carbocycles. The molecule has 1 saturated heterocycles. The van der Waals surface area contributed by atoms with Gasteiger partial charge in [0.2, 0.25) is 0 Å². The number of benzene rings is 2. The summed E-state index contributed by atoms with van der Waals surface area (Å²) in [7, 11) is 6.47. The lowest BCUT2D eigenvalue weighted by Crippen LogP contribution is -2.39. The van der Waals surface area contributed by atoms with E-state index < -0.39 is 5.97 Å². The van der Waals surface area contributed by atoms with Crippen LogP contribution in [0.3, 0.4) is 0 Å². The largest absolute Gasteiger partial charge is 0.493 e. The van der Waals surface area contributed by atoms with Gasteiger partial charge in [0.05, 0.1) is 40.4 Å². The second-order valence-electron chi connectivity index (χ2n) is 7.22. The molecule has 30 heavy (non-hydrogen) atoms. The first-order valence-electron chi connectivity index (χ1n) is 9.94. The van der Waals surface area contributed by atoms with Gasteiger partial charge in [-0.05, 0) is 38.1 Å². The van der Waals surface area contributed by atoms with E-state index in [4.69, 9.17) is 18.9 Å². The molecular weight excluding hydrogens is 386 g/mol. The minimum absolute atomic E-state index is 0.213. The molecule has 2 aromatic rings. The molecule has 0 aromatic heterocycles. The summed E-state index contributed by atoms with van der Waals surface area (Å²) in [6.07, 6.45) is 1.18. The topological polar surface area (TPSA) is 77.5 Å². The van der Waals surface area contributed by atoms with E-state index >= 15 is 0 Å². The van der Waals surface area contributed by atoms with Crippen LogP contribution < -0.4 is 18.9 Å². The number of ether oxygens (including phenoxy) is 4. The Morgan fingerprint density at radius 3 is 1.70 bits per heavy atom. The Bertz CT molecular complexity index is 820. The molecule has 7 nitrogen and oxygen atoms in total. The lowest BCUT2D eigenvalue weighted by atomic mass is 9.90. The molecule has 0 atom stereocenters. The minimum atomic E-state index is -0.732. The second-order valence-corrected chi connectivity index (χ2v) is 7.22. The van der Waals surface area contributed by atoms with Crippen molar-refractivity contribution >= 4 is 5.97 Å². The van der Waals surface area contributed by atoms with E-state index in [9.17, 15) is 9.90 Å². The third-order valence-electron chi connectivity index (χ3n) is 5.70. The SMILES string of the molecule is COc1cccc(C(c2cccc(OC)c2OC)N2CCC(C(=O)O)CC2)c1OC. The highest BCUT2D eigenvalue weighted by atomic mass is 16.5. The van der Waals surface area contributed by atoms with Crippen LogP contribution >= 0.6 is 0 Å². The Labute approximate surface area is 177 Å². The normalized spacial score (nSPS) is 15.1. The first kappa shape index (κ1) is 21.8. The van der Waals surface area contributed by atoms with Crippen molar-refractivity contribution in [3.8, 4) is 23.0 Å². The molecule has 0 saturated carbocycles. The summed E-state index contributed by atoms with van der Waals surface area (Å²) in [4.78, 5) is 13.7. The summed E-state index contributed by atoms with van der Waals surface area (Å²) >= 11 is 0. The van der Waals surface area contributed by atoms with Crippen molar-refractivity contribution in [3.63, 3.8) is 0 Å². The predicted molar refractivity (Wildman–Crippen MR) is 113 cm³/mol. The van der Waals surface area contributed by atoms with Crippen LogP contribution in [0.15, 0.2) is 36.4 Å². The van der Waals surface area contributed by atoms with Crippen molar-refractivity contribution in [2.75, 3.05) is 41.5 Å². The summed E-state index contributed by atoms with van der Waals surface area (Å²) in [5, 5.41) is 9.41. The molecule has 0 unspecified atom stereocenters. The fourth-order valence-electron chi connectivity index (χ4n) is 4.22. The van der Waals surface area contributed by atoms with Crippen LogP contribution in [0.4, 0.5) is 0 Å². The lowest BCUT2D eigenvalue weighted by molar-refractivity contribution is -0.143. The Kier molecular flexibility index (Phi) is 7.05. The fraction of sp³-hybridized carbons (Fsp3) is 0.435. The summed E-state index contributed by atoms with van der Waals surface area (Å²) < 4.78 is 22.5. The zero-order chi connectivity index (χ0) is 21.7. The van der Waals surface area contributed by atoms with E-state index in [-0.39, 0.29) is 12.0 Å². The van der Waals surface area contributed by atoms with E-state index in [0.29, 0.717) is 48.9 Å². The molecular formula is C23H29NO6. The maximum atomic E-state index is 11.4. The van der Waals surface area contributed by atoms with Crippen LogP contribution in [0.25, 0.3) is 0 Å². The van der Waals surface area contributed by atoms with E-state index in [1.165, 1.54) is 0 Å². The zero-order valence-corrected chi connectivity index (χ0v) is 17.9. The Balaban J connectivity index is 2.14. The van der Waals surface area contributed by atoms with Crippen molar-refractivity contribution in [2.45, 2.75) is 18.9 Å². The summed E-state index contributed by atoms with van der Waals surface area (Å²) in [6.45, 7) is 1.28. The highest BCUT2D eigenvalue weighted by molar-refractivity contribution is 5.70. The van der Waals surface area contributed by atoms with Gasteiger partial charge < -0.3 is 24.1 Å². The Morgan fingerprint density at radius 2 is 1.33 bits per heavy atom. The highest BCUT2D eigenvalue weighted by Crippen LogP contribution is 2.46. The number of nitrogens with zero attached hydrogens (tertiary/aromatic N) is 1. The number of rotatable bonds is 8. The van der Waals surface area contributed by atoms with Crippen LogP contribution in [-0.2, 0) is 4.79 Å². The van der Waals surface area contributed by atoms with Crippen LogP contribution in [0, 0.1) is 5.92 Å². The van der Waals surface area contributed by atoms with Gasteiger partial charge in [-0.25, -0.2) is 0 Å². The van der Waals surface area contributed by atoms with E-state index in [0.717, 1.165) is 11.1 Å². The van der Waals surface area contributed by atoms with Gasteiger partial charge in [-0.15, -0.1) is 0 Å². The quantitative estimate of drug-likeness (QED) is 0.706. The van der Waals surface area contributed by atoms with E-state index in [1.807, 2.05) is 36.4 Å². The maximum absolute atomic E-state index is 11.4. The molecule has 0 spiro atoms. The number of hydrogen-bond acceptors (Lipinski definition) is 6. The van der Waals surface area contributed by atoms with Crippen LogP contribution in [0.2, 0.25) is 0 Å². The first-order valence-corrected chi connectivity index (χ1v) is 9.94. The molecule has 3 rings (SSSR count). The summed E-state index contributed by atoms with van der Waals surface area (Å²) in [5.41, 5.74) is 1.86. The fourth-order valence-corrected chi connectivity index (χ4v) is 4.22. The van der Waals surface area contributed by atoms with Gasteiger partial charge >= 0.3 is 5.97 Å². The number of carbonyl (C=O) groups is 1. The summed E-state index contributed by atoms with van der Waals surface area (Å²) in [5.74, 6) is 1.53. The average Bonchev–Trinajstić information content (AvgIpc) is 2.79. The average molecular weight is 415 g/mol. The standard InChI is InChI=1S/C23H29NO6/c1-27-18-9-5-7-16(21(18)29-3)20(24-13-11-15(12-14-24)23(25)26)17-8-6-10-19(28-2)22(17)30-4/h5-10,15,20H,11-14H2,1-4H3,(H,25,26). The molecule has 1 aliphatic heterocycles. The number of piperidine rings is 1. The van der Waals surface area contributed by atoms with Gasteiger partial charge in [-0.3, -0.25) is 9.69 Å². The molecule has 1 aliphatic rings. The van der Waals surface area contributed by atoms with Crippen molar-refractivity contribution in [2.24, 2.45) is 5.92 Å². The summed E-state index contributed by atoms with van der Waals surface area (Å²) in [6, 6.07) is 11.4. The Hall–Kier alpha value is -2.93. The van der Waals surface area contributed by atoms with Crippen molar-refractivity contribution in [3.05, 3.63) is 47.5 Å². The highest BCUT2D eigenvalue weighted by Gasteiger charge is 2.34. The lowest BCUT2D eigenvalue weighted by Gasteiger charge is -2.38. The van der Waals surface area contributed by atoms with Crippen LogP contribution in [0.5, 0.6) is 23.0 Å². The molecule has 7 heteroatoms.